The molecule has 0 aromatic heterocycles. The fourth-order valence-electron chi connectivity index (χ4n) is 1.60. The average Bonchev–Trinajstić information content (AvgIpc) is 2.19. The van der Waals surface area contributed by atoms with Gasteiger partial charge in [0.2, 0.25) is 5.91 Å². The first-order valence-electron chi connectivity index (χ1n) is 4.88. The monoisotopic (exact) mass is 207 g/mol. The van der Waals surface area contributed by atoms with Crippen molar-refractivity contribution in [3.63, 3.8) is 0 Å². The van der Waals surface area contributed by atoms with Crippen LogP contribution in [-0.2, 0) is 4.79 Å². The van der Waals surface area contributed by atoms with Crippen LogP contribution in [0.3, 0.4) is 0 Å². The summed E-state index contributed by atoms with van der Waals surface area (Å²) in [5.41, 5.74) is 11.9. The minimum Gasteiger partial charge on any atom is -0.369 e. The highest BCUT2D eigenvalue weighted by molar-refractivity contribution is 5.75. The van der Waals surface area contributed by atoms with E-state index >= 15 is 0 Å². The van der Waals surface area contributed by atoms with Crippen molar-refractivity contribution in [2.75, 3.05) is 20.1 Å². The van der Waals surface area contributed by atoms with E-state index in [1.54, 1.807) is 0 Å². The van der Waals surface area contributed by atoms with E-state index in [1.807, 2.05) is 42.3 Å². The van der Waals surface area contributed by atoms with Gasteiger partial charge in [-0.3, -0.25) is 9.69 Å². The molecule has 1 aromatic rings. The molecule has 0 radical (unpaired) electrons. The van der Waals surface area contributed by atoms with Crippen LogP contribution in [-0.4, -0.2) is 30.9 Å². The molecule has 15 heavy (non-hydrogen) atoms. The minimum absolute atomic E-state index is 0.0405. The van der Waals surface area contributed by atoms with Gasteiger partial charge in [0.1, 0.15) is 0 Å². The van der Waals surface area contributed by atoms with Crippen LogP contribution in [0.5, 0.6) is 0 Å². The second-order valence-electron chi connectivity index (χ2n) is 3.54. The molecule has 1 unspecified atom stereocenters. The lowest BCUT2D eigenvalue weighted by Gasteiger charge is -2.25. The molecule has 0 saturated heterocycles. The number of carbonyl (C=O) groups is 1. The Bertz CT molecular complexity index is 313. The quantitative estimate of drug-likeness (QED) is 0.719. The Kier molecular flexibility index (Phi) is 4.27. The zero-order valence-corrected chi connectivity index (χ0v) is 8.89. The maximum Gasteiger partial charge on any atom is 0.231 e. The maximum atomic E-state index is 10.8. The first-order chi connectivity index (χ1) is 7.15. The first kappa shape index (κ1) is 11.7. The Labute approximate surface area is 89.9 Å². The summed E-state index contributed by atoms with van der Waals surface area (Å²) in [5, 5.41) is 0. The number of rotatable bonds is 5. The summed E-state index contributed by atoms with van der Waals surface area (Å²) < 4.78 is 0. The molecule has 0 aliphatic carbocycles. The van der Waals surface area contributed by atoms with E-state index < -0.39 is 0 Å². The molecule has 4 N–H and O–H groups in total. The van der Waals surface area contributed by atoms with Crippen molar-refractivity contribution < 1.29 is 4.79 Å². The smallest absolute Gasteiger partial charge is 0.231 e. The van der Waals surface area contributed by atoms with Gasteiger partial charge in [0.05, 0.1) is 6.54 Å². The number of primary amides is 1. The summed E-state index contributed by atoms with van der Waals surface area (Å²) in [6.07, 6.45) is 0. The Balaban J connectivity index is 2.75. The van der Waals surface area contributed by atoms with Crippen LogP contribution in [0.25, 0.3) is 0 Å². The standard InChI is InChI=1S/C11H17N3O/c1-14(8-11(13)15)10(7-12)9-5-3-2-4-6-9/h2-6,10H,7-8,12H2,1H3,(H2,13,15). The van der Waals surface area contributed by atoms with E-state index in [4.69, 9.17) is 11.5 Å². The molecule has 4 nitrogen and oxygen atoms in total. The van der Waals surface area contributed by atoms with Crippen molar-refractivity contribution in [3.8, 4) is 0 Å². The number of carbonyl (C=O) groups excluding carboxylic acids is 1. The number of hydrogen-bond acceptors (Lipinski definition) is 3. The maximum absolute atomic E-state index is 10.8. The van der Waals surface area contributed by atoms with Gasteiger partial charge in [0.15, 0.2) is 0 Å². The van der Waals surface area contributed by atoms with Crippen molar-refractivity contribution in [1.82, 2.24) is 4.90 Å². The molecular formula is C11H17N3O. The second-order valence-corrected chi connectivity index (χ2v) is 3.54. The normalized spacial score (nSPS) is 12.7. The molecule has 0 aliphatic heterocycles. The number of benzene rings is 1. The third kappa shape index (κ3) is 3.34. The Morgan fingerprint density at radius 3 is 2.47 bits per heavy atom. The van der Waals surface area contributed by atoms with E-state index in [9.17, 15) is 4.79 Å². The van der Waals surface area contributed by atoms with Crippen molar-refractivity contribution in [2.45, 2.75) is 6.04 Å². The fourth-order valence-corrected chi connectivity index (χ4v) is 1.60. The highest BCUT2D eigenvalue weighted by atomic mass is 16.1. The number of likely N-dealkylation sites (N-methyl/N-ethyl adjacent to an activating group) is 1. The van der Waals surface area contributed by atoms with E-state index in [-0.39, 0.29) is 18.5 Å². The van der Waals surface area contributed by atoms with Gasteiger partial charge in [-0.2, -0.15) is 0 Å². The predicted octanol–water partition coefficient (Wildman–Crippen LogP) is 0.104. The third-order valence-electron chi connectivity index (χ3n) is 2.34. The van der Waals surface area contributed by atoms with Crippen LogP contribution < -0.4 is 11.5 Å². The van der Waals surface area contributed by atoms with Gasteiger partial charge in [-0.05, 0) is 12.6 Å². The zero-order chi connectivity index (χ0) is 11.3. The Morgan fingerprint density at radius 1 is 1.40 bits per heavy atom. The lowest BCUT2D eigenvalue weighted by atomic mass is 10.1. The van der Waals surface area contributed by atoms with Crippen molar-refractivity contribution in [2.24, 2.45) is 11.5 Å². The van der Waals surface area contributed by atoms with E-state index in [0.717, 1.165) is 5.56 Å². The van der Waals surface area contributed by atoms with Gasteiger partial charge in [-0.1, -0.05) is 30.3 Å². The van der Waals surface area contributed by atoms with Crippen molar-refractivity contribution >= 4 is 5.91 Å². The van der Waals surface area contributed by atoms with E-state index in [0.29, 0.717) is 6.54 Å². The average molecular weight is 207 g/mol. The van der Waals surface area contributed by atoms with E-state index in [2.05, 4.69) is 0 Å². The molecule has 0 heterocycles. The highest BCUT2D eigenvalue weighted by Crippen LogP contribution is 2.16. The van der Waals surface area contributed by atoms with Gasteiger partial charge < -0.3 is 11.5 Å². The number of nitrogens with zero attached hydrogens (tertiary/aromatic N) is 1. The molecule has 1 rings (SSSR count). The minimum atomic E-state index is -0.341. The molecule has 1 amide bonds. The second kappa shape index (κ2) is 5.48. The largest absolute Gasteiger partial charge is 0.369 e. The molecule has 0 bridgehead atoms. The molecule has 4 heteroatoms. The summed E-state index contributed by atoms with van der Waals surface area (Å²) in [6.45, 7) is 0.685. The number of nitrogens with two attached hydrogens (primary N) is 2. The molecule has 0 aliphatic rings. The SMILES string of the molecule is CN(CC(N)=O)C(CN)c1ccccc1. The summed E-state index contributed by atoms with van der Waals surface area (Å²) in [5.74, 6) is -0.341. The van der Waals surface area contributed by atoms with Crippen LogP contribution in [0, 0.1) is 0 Å². The molecule has 1 atom stereocenters. The summed E-state index contributed by atoms with van der Waals surface area (Å²) in [7, 11) is 1.84. The van der Waals surface area contributed by atoms with Crippen LogP contribution in [0.4, 0.5) is 0 Å². The summed E-state index contributed by atoms with van der Waals surface area (Å²) in [6, 6.07) is 9.89. The van der Waals surface area contributed by atoms with Gasteiger partial charge in [-0.15, -0.1) is 0 Å². The van der Waals surface area contributed by atoms with Crippen LogP contribution in [0.2, 0.25) is 0 Å². The molecule has 0 fully saturated rings. The van der Waals surface area contributed by atoms with E-state index in [1.165, 1.54) is 0 Å². The van der Waals surface area contributed by atoms with Crippen LogP contribution in [0.15, 0.2) is 30.3 Å². The van der Waals surface area contributed by atoms with Crippen molar-refractivity contribution in [1.29, 1.82) is 0 Å². The van der Waals surface area contributed by atoms with Gasteiger partial charge in [0.25, 0.3) is 0 Å². The lowest BCUT2D eigenvalue weighted by molar-refractivity contribution is -0.119. The highest BCUT2D eigenvalue weighted by Gasteiger charge is 2.16. The topological polar surface area (TPSA) is 72.3 Å². The summed E-state index contributed by atoms with van der Waals surface area (Å²) >= 11 is 0. The van der Waals surface area contributed by atoms with Crippen LogP contribution in [0.1, 0.15) is 11.6 Å². The molecule has 0 saturated carbocycles. The predicted molar refractivity (Wildman–Crippen MR) is 60.1 cm³/mol. The molecule has 1 aromatic carbocycles. The van der Waals surface area contributed by atoms with Crippen LogP contribution >= 0.6 is 0 Å². The van der Waals surface area contributed by atoms with Gasteiger partial charge in [0, 0.05) is 12.6 Å². The Morgan fingerprint density at radius 2 is 2.00 bits per heavy atom. The fraction of sp³-hybridized carbons (Fsp3) is 0.364. The molecular weight excluding hydrogens is 190 g/mol. The molecule has 82 valence electrons. The number of amides is 1. The van der Waals surface area contributed by atoms with Gasteiger partial charge in [-0.25, -0.2) is 0 Å². The van der Waals surface area contributed by atoms with Gasteiger partial charge >= 0.3 is 0 Å². The number of hydrogen-bond donors (Lipinski definition) is 2. The lowest BCUT2D eigenvalue weighted by Crippen LogP contribution is -2.37. The summed E-state index contributed by atoms with van der Waals surface area (Å²) in [4.78, 5) is 12.7. The Hall–Kier alpha value is -1.39. The third-order valence-corrected chi connectivity index (χ3v) is 2.34. The van der Waals surface area contributed by atoms with Crippen molar-refractivity contribution in [3.05, 3.63) is 35.9 Å². The molecule has 0 spiro atoms. The first-order valence-corrected chi connectivity index (χ1v) is 4.88. The zero-order valence-electron chi connectivity index (χ0n) is 8.89.